The van der Waals surface area contributed by atoms with Crippen molar-refractivity contribution >= 4 is 0 Å². The van der Waals surface area contributed by atoms with E-state index in [1.54, 1.807) is 0 Å². The van der Waals surface area contributed by atoms with Gasteiger partial charge in [-0.15, -0.1) is 0 Å². The number of hydrogen-bond donors (Lipinski definition) is 0. The van der Waals surface area contributed by atoms with Crippen molar-refractivity contribution in [2.45, 2.75) is 0 Å². The van der Waals surface area contributed by atoms with Crippen molar-refractivity contribution < 1.29 is 8.78 Å². The van der Waals surface area contributed by atoms with E-state index in [0.29, 0.717) is 5.56 Å². The van der Waals surface area contributed by atoms with Crippen LogP contribution < -0.4 is 0 Å². The fourth-order valence-corrected chi connectivity index (χ4v) is 1.05. The van der Waals surface area contributed by atoms with Crippen LogP contribution in [0.3, 0.4) is 0 Å². The summed E-state index contributed by atoms with van der Waals surface area (Å²) in [5.74, 6) is -1.90. The van der Waals surface area contributed by atoms with E-state index >= 15 is 0 Å². The van der Waals surface area contributed by atoms with Crippen LogP contribution >= 0.6 is 0 Å². The standard InChI is InChI=1S/C9H5F2N3/c10-7-2-3-12-9(8(7)11)6-1-4-13-14-5-6/h1-5H. The van der Waals surface area contributed by atoms with E-state index < -0.39 is 11.6 Å². The molecule has 3 nitrogen and oxygen atoms in total. The number of halogens is 2. The largest absolute Gasteiger partial charge is 0.253 e. The highest BCUT2D eigenvalue weighted by molar-refractivity contribution is 5.57. The van der Waals surface area contributed by atoms with E-state index in [1.807, 2.05) is 0 Å². The molecule has 0 bridgehead atoms. The lowest BCUT2D eigenvalue weighted by molar-refractivity contribution is 0.507. The minimum atomic E-state index is -0.972. The molecule has 0 aliphatic rings. The van der Waals surface area contributed by atoms with E-state index in [4.69, 9.17) is 0 Å². The molecule has 0 fully saturated rings. The summed E-state index contributed by atoms with van der Waals surface area (Å²) in [5, 5.41) is 7.08. The maximum Gasteiger partial charge on any atom is 0.185 e. The maximum absolute atomic E-state index is 13.2. The van der Waals surface area contributed by atoms with Crippen molar-refractivity contribution in [3.8, 4) is 11.3 Å². The van der Waals surface area contributed by atoms with Crippen molar-refractivity contribution in [2.75, 3.05) is 0 Å². The molecule has 0 radical (unpaired) electrons. The Morgan fingerprint density at radius 3 is 2.57 bits per heavy atom. The van der Waals surface area contributed by atoms with Crippen LogP contribution in [0.2, 0.25) is 0 Å². The quantitative estimate of drug-likeness (QED) is 0.693. The number of nitrogens with zero attached hydrogens (tertiary/aromatic N) is 3. The fraction of sp³-hybridized carbons (Fsp3) is 0. The molecule has 5 heteroatoms. The molecular formula is C9H5F2N3. The normalized spacial score (nSPS) is 10.1. The molecular weight excluding hydrogens is 188 g/mol. The topological polar surface area (TPSA) is 38.7 Å². The number of hydrogen-bond acceptors (Lipinski definition) is 3. The van der Waals surface area contributed by atoms with Gasteiger partial charge in [-0.1, -0.05) is 0 Å². The molecule has 2 heterocycles. The van der Waals surface area contributed by atoms with Crippen LogP contribution in [-0.2, 0) is 0 Å². The van der Waals surface area contributed by atoms with Crippen LogP contribution in [0.15, 0.2) is 30.7 Å². The van der Waals surface area contributed by atoms with Crippen LogP contribution in [0, 0.1) is 11.6 Å². The van der Waals surface area contributed by atoms with Crippen molar-refractivity contribution in [1.82, 2.24) is 15.2 Å². The molecule has 0 saturated carbocycles. The van der Waals surface area contributed by atoms with Gasteiger partial charge >= 0.3 is 0 Å². The van der Waals surface area contributed by atoms with Crippen LogP contribution in [-0.4, -0.2) is 15.2 Å². The first-order valence-electron chi connectivity index (χ1n) is 3.86. The molecule has 0 saturated heterocycles. The predicted octanol–water partition coefficient (Wildman–Crippen LogP) is 1.82. The fourth-order valence-electron chi connectivity index (χ4n) is 1.05. The summed E-state index contributed by atoms with van der Waals surface area (Å²) in [7, 11) is 0. The summed E-state index contributed by atoms with van der Waals surface area (Å²) in [6.45, 7) is 0. The molecule has 0 spiro atoms. The molecule has 2 aromatic heterocycles. The van der Waals surface area contributed by atoms with Gasteiger partial charge in [-0.2, -0.15) is 10.2 Å². The van der Waals surface area contributed by atoms with E-state index in [0.717, 1.165) is 6.07 Å². The molecule has 0 amide bonds. The Morgan fingerprint density at radius 1 is 1.00 bits per heavy atom. The second-order valence-electron chi connectivity index (χ2n) is 2.59. The van der Waals surface area contributed by atoms with Crippen molar-refractivity contribution in [3.63, 3.8) is 0 Å². The van der Waals surface area contributed by atoms with Gasteiger partial charge in [-0.3, -0.25) is 4.98 Å². The third-order valence-electron chi connectivity index (χ3n) is 1.70. The molecule has 14 heavy (non-hydrogen) atoms. The molecule has 0 unspecified atom stereocenters. The first-order chi connectivity index (χ1) is 6.79. The molecule has 70 valence electrons. The SMILES string of the molecule is Fc1ccnc(-c2ccnnc2)c1F. The highest BCUT2D eigenvalue weighted by atomic mass is 19.2. The third-order valence-corrected chi connectivity index (χ3v) is 1.70. The zero-order valence-electron chi connectivity index (χ0n) is 6.98. The Labute approximate surface area is 78.4 Å². The van der Waals surface area contributed by atoms with Crippen molar-refractivity contribution in [3.05, 3.63) is 42.4 Å². The van der Waals surface area contributed by atoms with Crippen LogP contribution in [0.1, 0.15) is 0 Å². The second-order valence-corrected chi connectivity index (χ2v) is 2.59. The van der Waals surface area contributed by atoms with Gasteiger partial charge in [0.05, 0.1) is 12.4 Å². The summed E-state index contributed by atoms with van der Waals surface area (Å²) in [5.41, 5.74) is 0.344. The number of pyridine rings is 1. The van der Waals surface area contributed by atoms with E-state index in [-0.39, 0.29) is 5.69 Å². The molecule has 2 aromatic rings. The summed E-state index contributed by atoms with van der Waals surface area (Å²) < 4.78 is 26.0. The second kappa shape index (κ2) is 3.45. The predicted molar refractivity (Wildman–Crippen MR) is 45.2 cm³/mol. The molecule has 0 aliphatic carbocycles. The lowest BCUT2D eigenvalue weighted by Crippen LogP contribution is -1.93. The van der Waals surface area contributed by atoms with Gasteiger partial charge < -0.3 is 0 Å². The summed E-state index contributed by atoms with van der Waals surface area (Å²) in [4.78, 5) is 3.73. The Balaban J connectivity index is 2.58. The first-order valence-corrected chi connectivity index (χ1v) is 3.86. The van der Waals surface area contributed by atoms with Gasteiger partial charge in [0.2, 0.25) is 0 Å². The molecule has 0 aliphatic heterocycles. The van der Waals surface area contributed by atoms with E-state index in [1.165, 1.54) is 24.7 Å². The summed E-state index contributed by atoms with van der Waals surface area (Å²) in [6, 6.07) is 2.48. The molecule has 0 N–H and O–H groups in total. The van der Waals surface area contributed by atoms with Gasteiger partial charge in [0.15, 0.2) is 11.6 Å². The highest BCUT2D eigenvalue weighted by Crippen LogP contribution is 2.19. The Kier molecular flexibility index (Phi) is 2.14. The van der Waals surface area contributed by atoms with Gasteiger partial charge in [0.25, 0.3) is 0 Å². The Bertz CT molecular complexity index is 445. The first kappa shape index (κ1) is 8.68. The smallest absolute Gasteiger partial charge is 0.185 e. The van der Waals surface area contributed by atoms with E-state index in [9.17, 15) is 8.78 Å². The average Bonchev–Trinajstić information content (AvgIpc) is 2.23. The zero-order valence-corrected chi connectivity index (χ0v) is 6.98. The zero-order chi connectivity index (χ0) is 9.97. The molecule has 0 aromatic carbocycles. The lowest BCUT2D eigenvalue weighted by Gasteiger charge is -2.00. The number of aromatic nitrogens is 3. The molecule has 0 atom stereocenters. The average molecular weight is 193 g/mol. The molecule has 2 rings (SSSR count). The van der Waals surface area contributed by atoms with Gasteiger partial charge in [-0.25, -0.2) is 8.78 Å². The minimum absolute atomic E-state index is 0.0556. The number of rotatable bonds is 1. The van der Waals surface area contributed by atoms with Crippen LogP contribution in [0.5, 0.6) is 0 Å². The monoisotopic (exact) mass is 193 g/mol. The van der Waals surface area contributed by atoms with Gasteiger partial charge in [-0.05, 0) is 12.1 Å². The van der Waals surface area contributed by atoms with Crippen LogP contribution in [0.4, 0.5) is 8.78 Å². The third kappa shape index (κ3) is 1.44. The Hall–Kier alpha value is -1.91. The highest BCUT2D eigenvalue weighted by Gasteiger charge is 2.10. The lowest BCUT2D eigenvalue weighted by atomic mass is 10.2. The summed E-state index contributed by atoms with van der Waals surface area (Å²) in [6.07, 6.45) is 3.92. The van der Waals surface area contributed by atoms with Crippen LogP contribution in [0.25, 0.3) is 11.3 Å². The maximum atomic E-state index is 13.2. The van der Waals surface area contributed by atoms with E-state index in [2.05, 4.69) is 15.2 Å². The summed E-state index contributed by atoms with van der Waals surface area (Å²) >= 11 is 0. The van der Waals surface area contributed by atoms with Gasteiger partial charge in [0, 0.05) is 11.8 Å². The minimum Gasteiger partial charge on any atom is -0.253 e. The van der Waals surface area contributed by atoms with Crippen molar-refractivity contribution in [1.29, 1.82) is 0 Å². The Morgan fingerprint density at radius 2 is 1.86 bits per heavy atom. The van der Waals surface area contributed by atoms with Crippen molar-refractivity contribution in [2.24, 2.45) is 0 Å². The van der Waals surface area contributed by atoms with Gasteiger partial charge in [0.1, 0.15) is 5.69 Å².